The van der Waals surface area contributed by atoms with Gasteiger partial charge in [0.15, 0.2) is 11.5 Å². The lowest BCUT2D eigenvalue weighted by Crippen LogP contribution is -2.25. The van der Waals surface area contributed by atoms with Crippen LogP contribution in [-0.2, 0) is 6.42 Å². The SMILES string of the molecule is COc1ccc(OC)c(-c2cc(C(=O)NCCCc3nn(-c4ccccc4)c(N)c3C#N)no2)c1. The molecular formula is C25H24N6O4. The molecule has 0 aliphatic carbocycles. The molecule has 35 heavy (non-hydrogen) atoms. The maximum atomic E-state index is 12.6. The first kappa shape index (κ1) is 23.4. The highest BCUT2D eigenvalue weighted by Gasteiger charge is 2.18. The van der Waals surface area contributed by atoms with Gasteiger partial charge in [-0.15, -0.1) is 0 Å². The number of carbonyl (C=O) groups excluding carboxylic acids is 1. The number of nitrogen functional groups attached to an aromatic ring is 1. The van der Waals surface area contributed by atoms with Crippen molar-refractivity contribution in [1.82, 2.24) is 20.3 Å². The number of nitriles is 1. The van der Waals surface area contributed by atoms with E-state index in [-0.39, 0.29) is 11.6 Å². The lowest BCUT2D eigenvalue weighted by atomic mass is 10.1. The molecule has 2 aromatic carbocycles. The zero-order valence-corrected chi connectivity index (χ0v) is 19.3. The molecule has 0 saturated carbocycles. The van der Waals surface area contributed by atoms with E-state index in [1.54, 1.807) is 43.2 Å². The van der Waals surface area contributed by atoms with E-state index in [1.165, 1.54) is 0 Å². The molecule has 3 N–H and O–H groups in total. The second-order valence-electron chi connectivity index (χ2n) is 7.57. The lowest BCUT2D eigenvalue weighted by Gasteiger charge is -2.07. The Bertz CT molecular complexity index is 1370. The van der Waals surface area contributed by atoms with Crippen LogP contribution in [0.2, 0.25) is 0 Å². The summed E-state index contributed by atoms with van der Waals surface area (Å²) in [7, 11) is 3.11. The Kier molecular flexibility index (Phi) is 6.97. The number of nitrogens with zero attached hydrogens (tertiary/aromatic N) is 4. The van der Waals surface area contributed by atoms with Gasteiger partial charge in [0.2, 0.25) is 0 Å². The second kappa shape index (κ2) is 10.4. The number of nitrogens with two attached hydrogens (primary N) is 1. The highest BCUT2D eigenvalue weighted by atomic mass is 16.5. The maximum Gasteiger partial charge on any atom is 0.273 e. The molecule has 0 aliphatic rings. The number of hydrogen-bond donors (Lipinski definition) is 2. The molecule has 0 fully saturated rings. The highest BCUT2D eigenvalue weighted by molar-refractivity contribution is 5.93. The molecule has 0 spiro atoms. The Morgan fingerprint density at radius 1 is 1.17 bits per heavy atom. The Balaban J connectivity index is 1.38. The number of para-hydroxylation sites is 1. The molecule has 0 atom stereocenters. The van der Waals surface area contributed by atoms with Gasteiger partial charge in [0.25, 0.3) is 5.91 Å². The molecule has 178 valence electrons. The number of amides is 1. The fourth-order valence-corrected chi connectivity index (χ4v) is 3.61. The van der Waals surface area contributed by atoms with Crippen LogP contribution in [0.15, 0.2) is 59.1 Å². The number of nitrogens with one attached hydrogen (secondary N) is 1. The minimum Gasteiger partial charge on any atom is -0.497 e. The molecule has 0 saturated heterocycles. The summed E-state index contributed by atoms with van der Waals surface area (Å²) in [5.74, 6) is 1.48. The monoisotopic (exact) mass is 472 g/mol. The standard InChI is InChI=1S/C25H24N6O4/c1-33-17-10-11-22(34-2)18(13-17)23-14-21(30-35-23)25(32)28-12-6-9-20-19(15-26)24(27)31(29-20)16-7-4-3-5-8-16/h3-5,7-8,10-11,13-14H,6,9,12,27H2,1-2H3,(H,28,32). The predicted molar refractivity (Wildman–Crippen MR) is 128 cm³/mol. The zero-order valence-electron chi connectivity index (χ0n) is 19.3. The third-order valence-corrected chi connectivity index (χ3v) is 5.40. The fourth-order valence-electron chi connectivity index (χ4n) is 3.61. The van der Waals surface area contributed by atoms with Crippen LogP contribution < -0.4 is 20.5 Å². The number of carbonyl (C=O) groups is 1. The van der Waals surface area contributed by atoms with Gasteiger partial charge in [0, 0.05) is 12.6 Å². The van der Waals surface area contributed by atoms with E-state index in [0.717, 1.165) is 5.69 Å². The first-order valence-electron chi connectivity index (χ1n) is 10.9. The number of benzene rings is 2. The van der Waals surface area contributed by atoms with Gasteiger partial charge in [-0.2, -0.15) is 10.4 Å². The van der Waals surface area contributed by atoms with Crippen molar-refractivity contribution in [3.05, 3.63) is 71.5 Å². The number of hydrogen-bond acceptors (Lipinski definition) is 8. The van der Waals surface area contributed by atoms with E-state index in [1.807, 2.05) is 30.3 Å². The smallest absolute Gasteiger partial charge is 0.273 e. The van der Waals surface area contributed by atoms with Crippen LogP contribution in [0.5, 0.6) is 11.5 Å². The molecule has 0 unspecified atom stereocenters. The molecule has 4 aromatic rings. The minimum atomic E-state index is -0.378. The quantitative estimate of drug-likeness (QED) is 0.353. The van der Waals surface area contributed by atoms with Crippen LogP contribution in [0.4, 0.5) is 5.82 Å². The highest BCUT2D eigenvalue weighted by Crippen LogP contribution is 2.33. The number of aryl methyl sites for hydroxylation is 1. The van der Waals surface area contributed by atoms with Gasteiger partial charge in [0.1, 0.15) is 28.9 Å². The Morgan fingerprint density at radius 2 is 1.97 bits per heavy atom. The van der Waals surface area contributed by atoms with Gasteiger partial charge in [-0.1, -0.05) is 23.4 Å². The van der Waals surface area contributed by atoms with Crippen LogP contribution in [0.3, 0.4) is 0 Å². The van der Waals surface area contributed by atoms with Gasteiger partial charge in [0.05, 0.1) is 31.2 Å². The summed E-state index contributed by atoms with van der Waals surface area (Å²) in [5.41, 5.74) is 8.59. The summed E-state index contributed by atoms with van der Waals surface area (Å²) in [6.07, 6.45) is 1.03. The van der Waals surface area contributed by atoms with E-state index in [2.05, 4.69) is 21.6 Å². The number of aromatic nitrogens is 3. The van der Waals surface area contributed by atoms with Crippen molar-refractivity contribution in [2.24, 2.45) is 0 Å². The molecule has 0 bridgehead atoms. The van der Waals surface area contributed by atoms with Gasteiger partial charge in [-0.05, 0) is 43.2 Å². The fraction of sp³-hybridized carbons (Fsp3) is 0.200. The predicted octanol–water partition coefficient (Wildman–Crippen LogP) is 3.36. The minimum absolute atomic E-state index is 0.139. The molecule has 0 aliphatic heterocycles. The van der Waals surface area contributed by atoms with Crippen molar-refractivity contribution in [3.63, 3.8) is 0 Å². The first-order chi connectivity index (χ1) is 17.0. The largest absolute Gasteiger partial charge is 0.497 e. The van der Waals surface area contributed by atoms with Crippen LogP contribution >= 0.6 is 0 Å². The number of methoxy groups -OCH3 is 2. The van der Waals surface area contributed by atoms with Crippen LogP contribution in [0, 0.1) is 11.3 Å². The van der Waals surface area contributed by atoms with E-state index in [9.17, 15) is 10.1 Å². The summed E-state index contributed by atoms with van der Waals surface area (Å²) in [4.78, 5) is 12.6. The Labute approximate surface area is 201 Å². The number of rotatable bonds is 9. The van der Waals surface area contributed by atoms with Crippen LogP contribution in [0.25, 0.3) is 17.0 Å². The van der Waals surface area contributed by atoms with Crippen molar-refractivity contribution in [2.75, 3.05) is 26.5 Å². The van der Waals surface area contributed by atoms with Crippen molar-refractivity contribution in [2.45, 2.75) is 12.8 Å². The number of ether oxygens (including phenoxy) is 2. The van der Waals surface area contributed by atoms with E-state index < -0.39 is 0 Å². The number of anilines is 1. The second-order valence-corrected chi connectivity index (χ2v) is 7.57. The molecule has 4 rings (SSSR count). The van der Waals surface area contributed by atoms with Crippen molar-refractivity contribution >= 4 is 11.7 Å². The van der Waals surface area contributed by atoms with Gasteiger partial charge in [-0.3, -0.25) is 4.79 Å². The van der Waals surface area contributed by atoms with Crippen molar-refractivity contribution < 1.29 is 18.8 Å². The molecule has 1 amide bonds. The molecule has 0 radical (unpaired) electrons. The molecular weight excluding hydrogens is 448 g/mol. The van der Waals surface area contributed by atoms with Crippen LogP contribution in [0.1, 0.15) is 28.2 Å². The summed E-state index contributed by atoms with van der Waals surface area (Å²) < 4.78 is 17.5. The third kappa shape index (κ3) is 4.94. The molecule has 10 heteroatoms. The maximum absolute atomic E-state index is 12.6. The average Bonchev–Trinajstić information content (AvgIpc) is 3.51. The summed E-state index contributed by atoms with van der Waals surface area (Å²) in [6.45, 7) is 0.354. The normalized spacial score (nSPS) is 10.5. The van der Waals surface area contributed by atoms with Gasteiger partial charge < -0.3 is 25.0 Å². The molecule has 10 nitrogen and oxygen atoms in total. The summed E-state index contributed by atoms with van der Waals surface area (Å²) >= 11 is 0. The Hall–Kier alpha value is -4.78. The van der Waals surface area contributed by atoms with Crippen molar-refractivity contribution in [1.29, 1.82) is 5.26 Å². The van der Waals surface area contributed by atoms with E-state index in [4.69, 9.17) is 19.7 Å². The van der Waals surface area contributed by atoms with Gasteiger partial charge >= 0.3 is 0 Å². The van der Waals surface area contributed by atoms with E-state index >= 15 is 0 Å². The van der Waals surface area contributed by atoms with Gasteiger partial charge in [-0.25, -0.2) is 4.68 Å². The summed E-state index contributed by atoms with van der Waals surface area (Å²) in [6, 6.07) is 18.3. The van der Waals surface area contributed by atoms with E-state index in [0.29, 0.717) is 59.3 Å². The lowest BCUT2D eigenvalue weighted by molar-refractivity contribution is 0.0944. The van der Waals surface area contributed by atoms with Crippen molar-refractivity contribution in [3.8, 4) is 34.6 Å². The zero-order chi connectivity index (χ0) is 24.8. The average molecular weight is 473 g/mol. The first-order valence-corrected chi connectivity index (χ1v) is 10.9. The summed E-state index contributed by atoms with van der Waals surface area (Å²) in [5, 5.41) is 20.7. The van der Waals surface area contributed by atoms with Crippen LogP contribution in [-0.4, -0.2) is 41.6 Å². The molecule has 2 aromatic heterocycles. The Morgan fingerprint density at radius 3 is 2.69 bits per heavy atom. The third-order valence-electron chi connectivity index (χ3n) is 5.40. The topological polar surface area (TPSA) is 141 Å². The molecule has 2 heterocycles.